The molecule has 0 atom stereocenters. The zero-order chi connectivity index (χ0) is 22.2. The molecular formula is C26H26O5. The number of Topliss-reactive ketones (excluding diaryl/α,β-unsaturated/α-hetero) is 1. The minimum Gasteiger partial charge on any atom is -0.496 e. The van der Waals surface area contributed by atoms with Crippen LogP contribution in [0.2, 0.25) is 0 Å². The molecular weight excluding hydrogens is 392 g/mol. The van der Waals surface area contributed by atoms with Crippen LogP contribution in [0, 0.1) is 0 Å². The average Bonchev–Trinajstić information content (AvgIpc) is 2.83. The monoisotopic (exact) mass is 418 g/mol. The van der Waals surface area contributed by atoms with Crippen LogP contribution in [0.15, 0.2) is 66.7 Å². The second-order valence-corrected chi connectivity index (χ2v) is 6.79. The van der Waals surface area contributed by atoms with Crippen LogP contribution in [0.3, 0.4) is 0 Å². The molecule has 0 spiro atoms. The zero-order valence-electron chi connectivity index (χ0n) is 18.2. The van der Waals surface area contributed by atoms with Gasteiger partial charge in [-0.05, 0) is 29.3 Å². The van der Waals surface area contributed by atoms with Crippen LogP contribution in [-0.2, 0) is 0 Å². The summed E-state index contributed by atoms with van der Waals surface area (Å²) in [5.41, 5.74) is 3.15. The van der Waals surface area contributed by atoms with Crippen molar-refractivity contribution in [1.82, 2.24) is 0 Å². The van der Waals surface area contributed by atoms with Crippen LogP contribution in [0.5, 0.6) is 23.0 Å². The number of ketones is 1. The average molecular weight is 418 g/mol. The molecule has 0 bridgehead atoms. The number of ether oxygens (including phenoxy) is 4. The van der Waals surface area contributed by atoms with E-state index in [2.05, 4.69) is 0 Å². The smallest absolute Gasteiger partial charge is 0.203 e. The molecule has 5 heteroatoms. The maximum absolute atomic E-state index is 13.0. The number of allylic oxidation sites excluding steroid dienone is 1. The van der Waals surface area contributed by atoms with Gasteiger partial charge < -0.3 is 18.9 Å². The minimum atomic E-state index is 0.0187. The quantitative estimate of drug-likeness (QED) is 0.338. The van der Waals surface area contributed by atoms with Crippen molar-refractivity contribution in [1.29, 1.82) is 0 Å². The van der Waals surface area contributed by atoms with Gasteiger partial charge in [0.1, 0.15) is 5.75 Å². The molecule has 0 unspecified atom stereocenters. The van der Waals surface area contributed by atoms with E-state index in [0.29, 0.717) is 28.6 Å². The van der Waals surface area contributed by atoms with Crippen LogP contribution in [-0.4, -0.2) is 34.2 Å². The van der Waals surface area contributed by atoms with Gasteiger partial charge in [0.25, 0.3) is 0 Å². The number of rotatable bonds is 9. The van der Waals surface area contributed by atoms with Crippen molar-refractivity contribution < 1.29 is 23.7 Å². The van der Waals surface area contributed by atoms with Gasteiger partial charge in [-0.25, -0.2) is 0 Å². The van der Waals surface area contributed by atoms with Crippen molar-refractivity contribution >= 4 is 17.4 Å². The van der Waals surface area contributed by atoms with Gasteiger partial charge in [-0.3, -0.25) is 4.79 Å². The molecule has 3 rings (SSSR count). The SMILES string of the molecule is COc1ccccc1/C(=C\c1cc(OC)c(OC)c(OC)c1)CC(=O)c1ccccc1. The molecule has 0 aliphatic carbocycles. The topological polar surface area (TPSA) is 54.0 Å². The normalized spacial score (nSPS) is 11.0. The minimum absolute atomic E-state index is 0.0187. The fourth-order valence-corrected chi connectivity index (χ4v) is 3.42. The molecule has 0 saturated carbocycles. The zero-order valence-corrected chi connectivity index (χ0v) is 18.2. The van der Waals surface area contributed by atoms with E-state index in [1.165, 1.54) is 0 Å². The van der Waals surface area contributed by atoms with Crippen molar-refractivity contribution in [3.05, 3.63) is 83.4 Å². The third-order valence-corrected chi connectivity index (χ3v) is 4.93. The number of methoxy groups -OCH3 is 4. The third-order valence-electron chi connectivity index (χ3n) is 4.93. The van der Waals surface area contributed by atoms with Crippen molar-refractivity contribution in [2.45, 2.75) is 6.42 Å². The van der Waals surface area contributed by atoms with Gasteiger partial charge in [-0.1, -0.05) is 54.6 Å². The summed E-state index contributed by atoms with van der Waals surface area (Å²) >= 11 is 0. The molecule has 0 amide bonds. The molecule has 3 aromatic rings. The summed E-state index contributed by atoms with van der Waals surface area (Å²) in [6, 6.07) is 20.6. The van der Waals surface area contributed by atoms with Gasteiger partial charge in [0.15, 0.2) is 17.3 Å². The molecule has 31 heavy (non-hydrogen) atoms. The summed E-state index contributed by atoms with van der Waals surface area (Å²) in [7, 11) is 6.33. The highest BCUT2D eigenvalue weighted by Crippen LogP contribution is 2.40. The van der Waals surface area contributed by atoms with E-state index in [-0.39, 0.29) is 12.2 Å². The molecule has 0 fully saturated rings. The largest absolute Gasteiger partial charge is 0.496 e. The Hall–Kier alpha value is -3.73. The Morgan fingerprint density at radius 3 is 1.90 bits per heavy atom. The number of carbonyl (C=O) groups is 1. The molecule has 5 nitrogen and oxygen atoms in total. The Morgan fingerprint density at radius 1 is 0.742 bits per heavy atom. The molecule has 0 aromatic heterocycles. The standard InChI is InChI=1S/C26H26O5/c1-28-23-13-9-8-12-21(23)20(17-22(27)19-10-6-5-7-11-19)14-18-15-24(29-2)26(31-4)25(16-18)30-3/h5-16H,17H2,1-4H3/b20-14-. The highest BCUT2D eigenvalue weighted by atomic mass is 16.5. The second kappa shape index (κ2) is 10.3. The van der Waals surface area contributed by atoms with E-state index >= 15 is 0 Å². The lowest BCUT2D eigenvalue weighted by molar-refractivity contribution is 0.0998. The highest BCUT2D eigenvalue weighted by molar-refractivity contribution is 6.05. The number of hydrogen-bond donors (Lipinski definition) is 0. The first-order valence-electron chi connectivity index (χ1n) is 9.83. The van der Waals surface area contributed by atoms with E-state index in [9.17, 15) is 4.79 Å². The van der Waals surface area contributed by atoms with E-state index in [4.69, 9.17) is 18.9 Å². The Morgan fingerprint density at radius 2 is 1.32 bits per heavy atom. The van der Waals surface area contributed by atoms with E-state index in [1.54, 1.807) is 28.4 Å². The molecule has 160 valence electrons. The lowest BCUT2D eigenvalue weighted by atomic mass is 9.94. The molecule has 0 aliphatic heterocycles. The number of benzene rings is 3. The molecule has 0 heterocycles. The summed E-state index contributed by atoms with van der Waals surface area (Å²) in [6.07, 6.45) is 2.16. The van der Waals surface area contributed by atoms with Gasteiger partial charge in [0.05, 0.1) is 28.4 Å². The third kappa shape index (κ3) is 5.07. The molecule has 0 radical (unpaired) electrons. The fraction of sp³-hybridized carbons (Fsp3) is 0.192. The predicted molar refractivity (Wildman–Crippen MR) is 122 cm³/mol. The Labute approximate surface area is 182 Å². The Kier molecular flexibility index (Phi) is 7.33. The Bertz CT molecular complexity index is 1050. The predicted octanol–water partition coefficient (Wildman–Crippen LogP) is 5.53. The van der Waals surface area contributed by atoms with E-state index < -0.39 is 0 Å². The summed E-state index contributed by atoms with van der Waals surface area (Å²) in [4.78, 5) is 13.0. The van der Waals surface area contributed by atoms with Crippen LogP contribution in [0.1, 0.15) is 27.9 Å². The highest BCUT2D eigenvalue weighted by Gasteiger charge is 2.17. The maximum Gasteiger partial charge on any atom is 0.203 e. The van der Waals surface area contributed by atoms with Crippen molar-refractivity contribution in [3.8, 4) is 23.0 Å². The molecule has 3 aromatic carbocycles. The summed E-state index contributed by atoms with van der Waals surface area (Å²) in [5.74, 6) is 2.32. The van der Waals surface area contributed by atoms with Gasteiger partial charge in [-0.2, -0.15) is 0 Å². The van der Waals surface area contributed by atoms with Gasteiger partial charge >= 0.3 is 0 Å². The summed E-state index contributed by atoms with van der Waals surface area (Å²) < 4.78 is 21.9. The van der Waals surface area contributed by atoms with E-state index in [0.717, 1.165) is 16.7 Å². The van der Waals surface area contributed by atoms with Crippen molar-refractivity contribution in [2.75, 3.05) is 28.4 Å². The summed E-state index contributed by atoms with van der Waals surface area (Å²) in [6.45, 7) is 0. The molecule has 0 aliphatic rings. The number of para-hydroxylation sites is 1. The van der Waals surface area contributed by atoms with Crippen LogP contribution < -0.4 is 18.9 Å². The van der Waals surface area contributed by atoms with Crippen LogP contribution >= 0.6 is 0 Å². The molecule has 0 saturated heterocycles. The second-order valence-electron chi connectivity index (χ2n) is 6.79. The molecule has 0 N–H and O–H groups in total. The summed E-state index contributed by atoms with van der Waals surface area (Å²) in [5, 5.41) is 0. The van der Waals surface area contributed by atoms with Crippen LogP contribution in [0.25, 0.3) is 11.6 Å². The Balaban J connectivity index is 2.12. The maximum atomic E-state index is 13.0. The number of hydrogen-bond acceptors (Lipinski definition) is 5. The van der Waals surface area contributed by atoms with Gasteiger partial charge in [0.2, 0.25) is 5.75 Å². The van der Waals surface area contributed by atoms with Crippen molar-refractivity contribution in [3.63, 3.8) is 0 Å². The lowest BCUT2D eigenvalue weighted by Crippen LogP contribution is -2.02. The lowest BCUT2D eigenvalue weighted by Gasteiger charge is -2.15. The van der Waals surface area contributed by atoms with Crippen LogP contribution in [0.4, 0.5) is 0 Å². The first-order valence-corrected chi connectivity index (χ1v) is 9.83. The first-order chi connectivity index (χ1) is 15.1. The van der Waals surface area contributed by atoms with Crippen molar-refractivity contribution in [2.24, 2.45) is 0 Å². The van der Waals surface area contributed by atoms with Gasteiger partial charge in [-0.15, -0.1) is 0 Å². The van der Waals surface area contributed by atoms with E-state index in [1.807, 2.05) is 72.8 Å². The first kappa shape index (κ1) is 22.0. The fourth-order valence-electron chi connectivity index (χ4n) is 3.42. The van der Waals surface area contributed by atoms with Gasteiger partial charge in [0, 0.05) is 17.5 Å². The number of carbonyl (C=O) groups excluding carboxylic acids is 1.